The number of benzene rings is 2. The largest absolute Gasteiger partial charge is 0.324 e. The number of aryl methyl sites for hydroxylation is 1. The molecule has 1 atom stereocenters. The fourth-order valence-corrected chi connectivity index (χ4v) is 2.37. The molecule has 0 aliphatic rings. The lowest BCUT2D eigenvalue weighted by Gasteiger charge is -2.10. The fraction of sp³-hybridized carbons (Fsp3) is 0.188. The Morgan fingerprint density at radius 3 is 2.68 bits per heavy atom. The van der Waals surface area contributed by atoms with Crippen molar-refractivity contribution in [2.75, 3.05) is 0 Å². The number of fused-ring (bicyclic) bond motifs is 1. The van der Waals surface area contributed by atoms with Crippen LogP contribution in [0.15, 0.2) is 54.9 Å². The standard InChI is InChI=1S/C16H17N3/c1-19-11-15(10-18-19)16(17)9-12-6-7-13-4-2-3-5-14(13)8-12/h2-8,10-11,16H,9,17H2,1H3. The van der Waals surface area contributed by atoms with Crippen molar-refractivity contribution in [2.45, 2.75) is 12.5 Å². The Kier molecular flexibility index (Phi) is 3.05. The second kappa shape index (κ2) is 4.86. The molecule has 1 heterocycles. The minimum absolute atomic E-state index is 0.00476. The van der Waals surface area contributed by atoms with E-state index in [1.807, 2.05) is 19.4 Å². The monoisotopic (exact) mass is 251 g/mol. The van der Waals surface area contributed by atoms with Crippen molar-refractivity contribution in [2.24, 2.45) is 12.8 Å². The molecular formula is C16H17N3. The maximum atomic E-state index is 6.23. The van der Waals surface area contributed by atoms with Crippen LogP contribution < -0.4 is 5.73 Å². The summed E-state index contributed by atoms with van der Waals surface area (Å²) in [6.45, 7) is 0. The van der Waals surface area contributed by atoms with Gasteiger partial charge in [-0.05, 0) is 22.8 Å². The van der Waals surface area contributed by atoms with E-state index in [0.717, 1.165) is 12.0 Å². The van der Waals surface area contributed by atoms with Gasteiger partial charge in [0.25, 0.3) is 0 Å². The normalized spacial score (nSPS) is 12.7. The Morgan fingerprint density at radius 1 is 1.16 bits per heavy atom. The molecule has 2 aromatic carbocycles. The van der Waals surface area contributed by atoms with Gasteiger partial charge in [-0.3, -0.25) is 4.68 Å². The second-order valence-electron chi connectivity index (χ2n) is 4.94. The van der Waals surface area contributed by atoms with Gasteiger partial charge in [0, 0.05) is 24.8 Å². The van der Waals surface area contributed by atoms with E-state index in [2.05, 4.69) is 47.6 Å². The van der Waals surface area contributed by atoms with Crippen LogP contribution in [0, 0.1) is 0 Å². The molecule has 2 N–H and O–H groups in total. The van der Waals surface area contributed by atoms with Gasteiger partial charge in [0.15, 0.2) is 0 Å². The molecule has 0 amide bonds. The van der Waals surface area contributed by atoms with Crippen molar-refractivity contribution >= 4 is 10.8 Å². The smallest absolute Gasteiger partial charge is 0.0537 e. The van der Waals surface area contributed by atoms with E-state index in [-0.39, 0.29) is 6.04 Å². The van der Waals surface area contributed by atoms with Crippen LogP contribution in [0.25, 0.3) is 10.8 Å². The molecule has 0 fully saturated rings. The van der Waals surface area contributed by atoms with E-state index in [1.54, 1.807) is 4.68 Å². The van der Waals surface area contributed by atoms with E-state index in [9.17, 15) is 0 Å². The summed E-state index contributed by atoms with van der Waals surface area (Å²) in [4.78, 5) is 0. The Bertz CT molecular complexity index is 700. The molecule has 0 saturated carbocycles. The summed E-state index contributed by atoms with van der Waals surface area (Å²) < 4.78 is 1.79. The third-order valence-electron chi connectivity index (χ3n) is 3.42. The Labute approximate surface area is 112 Å². The molecule has 0 saturated heterocycles. The zero-order valence-electron chi connectivity index (χ0n) is 11.0. The molecule has 3 aromatic rings. The van der Waals surface area contributed by atoms with Crippen molar-refractivity contribution < 1.29 is 0 Å². The molecule has 0 aliphatic heterocycles. The maximum absolute atomic E-state index is 6.23. The third-order valence-corrected chi connectivity index (χ3v) is 3.42. The van der Waals surface area contributed by atoms with Crippen LogP contribution in [0.2, 0.25) is 0 Å². The molecule has 1 aromatic heterocycles. The molecule has 1 unspecified atom stereocenters. The van der Waals surface area contributed by atoms with Gasteiger partial charge in [0.2, 0.25) is 0 Å². The summed E-state index contributed by atoms with van der Waals surface area (Å²) in [6.07, 6.45) is 4.65. The van der Waals surface area contributed by atoms with E-state index < -0.39 is 0 Å². The minimum Gasteiger partial charge on any atom is -0.324 e. The van der Waals surface area contributed by atoms with Crippen LogP contribution in [-0.4, -0.2) is 9.78 Å². The molecule has 3 heteroatoms. The van der Waals surface area contributed by atoms with E-state index in [4.69, 9.17) is 5.73 Å². The number of nitrogens with two attached hydrogens (primary N) is 1. The first kappa shape index (κ1) is 11.9. The first-order valence-corrected chi connectivity index (χ1v) is 6.44. The topological polar surface area (TPSA) is 43.8 Å². The summed E-state index contributed by atoms with van der Waals surface area (Å²) in [7, 11) is 1.91. The lowest BCUT2D eigenvalue weighted by atomic mass is 9.99. The zero-order valence-corrected chi connectivity index (χ0v) is 11.0. The van der Waals surface area contributed by atoms with Crippen LogP contribution in [0.4, 0.5) is 0 Å². The molecule has 3 rings (SSSR count). The SMILES string of the molecule is Cn1cc(C(N)Cc2ccc3ccccc3c2)cn1. The van der Waals surface area contributed by atoms with Gasteiger partial charge in [-0.1, -0.05) is 42.5 Å². The molecular weight excluding hydrogens is 234 g/mol. The van der Waals surface area contributed by atoms with E-state index in [1.165, 1.54) is 16.3 Å². The lowest BCUT2D eigenvalue weighted by Crippen LogP contribution is -2.12. The van der Waals surface area contributed by atoms with Crippen molar-refractivity contribution in [3.63, 3.8) is 0 Å². The summed E-state index contributed by atoms with van der Waals surface area (Å²) in [5.41, 5.74) is 8.57. The summed E-state index contributed by atoms with van der Waals surface area (Å²) in [6, 6.07) is 14.9. The van der Waals surface area contributed by atoms with Crippen molar-refractivity contribution in [3.05, 3.63) is 66.0 Å². The Balaban J connectivity index is 1.84. The number of aromatic nitrogens is 2. The Hall–Kier alpha value is -2.13. The molecule has 0 bridgehead atoms. The van der Waals surface area contributed by atoms with Gasteiger partial charge in [0.05, 0.1) is 6.20 Å². The van der Waals surface area contributed by atoms with Crippen LogP contribution in [0.5, 0.6) is 0 Å². The summed E-state index contributed by atoms with van der Waals surface area (Å²) in [5, 5.41) is 6.69. The van der Waals surface area contributed by atoms with Crippen LogP contribution in [-0.2, 0) is 13.5 Å². The number of rotatable bonds is 3. The van der Waals surface area contributed by atoms with Crippen molar-refractivity contribution in [1.82, 2.24) is 9.78 Å². The average Bonchev–Trinajstić information content (AvgIpc) is 2.85. The highest BCUT2D eigenvalue weighted by atomic mass is 15.2. The minimum atomic E-state index is -0.00476. The summed E-state index contributed by atoms with van der Waals surface area (Å²) >= 11 is 0. The first-order chi connectivity index (χ1) is 9.22. The molecule has 96 valence electrons. The van der Waals surface area contributed by atoms with Gasteiger partial charge in [0.1, 0.15) is 0 Å². The van der Waals surface area contributed by atoms with Crippen LogP contribution in [0.3, 0.4) is 0 Å². The van der Waals surface area contributed by atoms with E-state index in [0.29, 0.717) is 0 Å². The van der Waals surface area contributed by atoms with Crippen LogP contribution >= 0.6 is 0 Å². The van der Waals surface area contributed by atoms with Gasteiger partial charge < -0.3 is 5.73 Å². The number of nitrogens with zero attached hydrogens (tertiary/aromatic N) is 2. The quantitative estimate of drug-likeness (QED) is 0.778. The molecule has 0 spiro atoms. The zero-order chi connectivity index (χ0) is 13.2. The highest BCUT2D eigenvalue weighted by Gasteiger charge is 2.09. The molecule has 19 heavy (non-hydrogen) atoms. The lowest BCUT2D eigenvalue weighted by molar-refractivity contribution is 0.718. The third kappa shape index (κ3) is 2.51. The summed E-state index contributed by atoms with van der Waals surface area (Å²) in [5.74, 6) is 0. The van der Waals surface area contributed by atoms with E-state index >= 15 is 0 Å². The van der Waals surface area contributed by atoms with Gasteiger partial charge in [-0.15, -0.1) is 0 Å². The fourth-order valence-electron chi connectivity index (χ4n) is 2.37. The molecule has 0 aliphatic carbocycles. The Morgan fingerprint density at radius 2 is 1.95 bits per heavy atom. The molecule has 3 nitrogen and oxygen atoms in total. The predicted molar refractivity (Wildman–Crippen MR) is 77.8 cm³/mol. The van der Waals surface area contributed by atoms with Gasteiger partial charge in [-0.2, -0.15) is 5.10 Å². The predicted octanol–water partition coefficient (Wildman–Crippen LogP) is 2.82. The highest BCUT2D eigenvalue weighted by molar-refractivity contribution is 5.83. The highest BCUT2D eigenvalue weighted by Crippen LogP contribution is 2.20. The first-order valence-electron chi connectivity index (χ1n) is 6.44. The van der Waals surface area contributed by atoms with Gasteiger partial charge in [-0.25, -0.2) is 0 Å². The van der Waals surface area contributed by atoms with Gasteiger partial charge >= 0.3 is 0 Å². The van der Waals surface area contributed by atoms with Crippen molar-refractivity contribution in [1.29, 1.82) is 0 Å². The number of hydrogen-bond donors (Lipinski definition) is 1. The van der Waals surface area contributed by atoms with Crippen LogP contribution in [0.1, 0.15) is 17.2 Å². The second-order valence-corrected chi connectivity index (χ2v) is 4.94. The molecule has 0 radical (unpaired) electrons. The maximum Gasteiger partial charge on any atom is 0.0537 e. The van der Waals surface area contributed by atoms with Crippen molar-refractivity contribution in [3.8, 4) is 0 Å². The number of hydrogen-bond acceptors (Lipinski definition) is 2. The average molecular weight is 251 g/mol.